The van der Waals surface area contributed by atoms with Gasteiger partial charge in [0.15, 0.2) is 0 Å². The maximum absolute atomic E-state index is 11.5. The van der Waals surface area contributed by atoms with E-state index in [1.54, 1.807) is 0 Å². The lowest BCUT2D eigenvalue weighted by Crippen LogP contribution is -2.36. The molecule has 1 fully saturated rings. The molecule has 6 nitrogen and oxygen atoms in total. The average Bonchev–Trinajstić information content (AvgIpc) is 2.66. The van der Waals surface area contributed by atoms with Gasteiger partial charge in [-0.05, 0) is 25.8 Å². The lowest BCUT2D eigenvalue weighted by molar-refractivity contribution is -0.140. The van der Waals surface area contributed by atoms with Crippen LogP contribution >= 0.6 is 0 Å². The number of morpholine rings is 1. The molecule has 150 valence electrons. The number of rotatable bonds is 14. The second-order valence-corrected chi connectivity index (χ2v) is 6.60. The van der Waals surface area contributed by atoms with Crippen LogP contribution in [0.2, 0.25) is 0 Å². The summed E-state index contributed by atoms with van der Waals surface area (Å²) in [5, 5.41) is 0. The standard InChI is InChI=1S/C20H35NO5/c1-2-3-4-8-15-25-19(22)10-11-20(23)26-16-9-6-5-7-12-21-13-17-24-18-14-21/h10-11H,2-9,12-18H2,1H3/b11-10+. The molecule has 0 atom stereocenters. The third kappa shape index (κ3) is 12.9. The summed E-state index contributed by atoms with van der Waals surface area (Å²) < 4.78 is 15.4. The lowest BCUT2D eigenvalue weighted by Gasteiger charge is -2.26. The molecule has 0 spiro atoms. The quantitative estimate of drug-likeness (QED) is 0.266. The number of hydrogen-bond donors (Lipinski definition) is 0. The number of hydrogen-bond acceptors (Lipinski definition) is 6. The smallest absolute Gasteiger partial charge is 0.331 e. The fraction of sp³-hybridized carbons (Fsp3) is 0.800. The lowest BCUT2D eigenvalue weighted by atomic mass is 10.2. The fourth-order valence-corrected chi connectivity index (χ4v) is 2.72. The largest absolute Gasteiger partial charge is 0.463 e. The molecule has 1 aliphatic heterocycles. The summed E-state index contributed by atoms with van der Waals surface area (Å²) in [6, 6.07) is 0. The van der Waals surface area contributed by atoms with Crippen LogP contribution in [0.5, 0.6) is 0 Å². The molecule has 0 saturated carbocycles. The van der Waals surface area contributed by atoms with Crippen LogP contribution in [0.4, 0.5) is 0 Å². The maximum Gasteiger partial charge on any atom is 0.331 e. The fourth-order valence-electron chi connectivity index (χ4n) is 2.72. The highest BCUT2D eigenvalue weighted by atomic mass is 16.5. The van der Waals surface area contributed by atoms with Crippen molar-refractivity contribution in [2.24, 2.45) is 0 Å². The first kappa shape index (κ1) is 22.6. The van der Waals surface area contributed by atoms with E-state index in [1.165, 1.54) is 0 Å². The van der Waals surface area contributed by atoms with E-state index in [-0.39, 0.29) is 0 Å². The second-order valence-electron chi connectivity index (χ2n) is 6.60. The van der Waals surface area contributed by atoms with Gasteiger partial charge in [-0.2, -0.15) is 0 Å². The molecule has 0 aromatic rings. The first-order valence-electron chi connectivity index (χ1n) is 10.0. The summed E-state index contributed by atoms with van der Waals surface area (Å²) in [7, 11) is 0. The Morgan fingerprint density at radius 2 is 1.38 bits per heavy atom. The minimum atomic E-state index is -0.485. The minimum Gasteiger partial charge on any atom is -0.463 e. The van der Waals surface area contributed by atoms with Gasteiger partial charge < -0.3 is 14.2 Å². The van der Waals surface area contributed by atoms with Gasteiger partial charge in [0.1, 0.15) is 0 Å². The number of unbranched alkanes of at least 4 members (excludes halogenated alkanes) is 6. The minimum absolute atomic E-state index is 0.396. The molecule has 0 aromatic carbocycles. The van der Waals surface area contributed by atoms with Gasteiger partial charge >= 0.3 is 11.9 Å². The predicted octanol–water partition coefficient (Wildman–Crippen LogP) is 3.10. The summed E-state index contributed by atoms with van der Waals surface area (Å²) in [4.78, 5) is 25.4. The van der Waals surface area contributed by atoms with Crippen LogP contribution in [-0.4, -0.2) is 62.9 Å². The maximum atomic E-state index is 11.5. The second kappa shape index (κ2) is 15.8. The van der Waals surface area contributed by atoms with Crippen LogP contribution in [0.3, 0.4) is 0 Å². The van der Waals surface area contributed by atoms with Crippen LogP contribution in [0, 0.1) is 0 Å². The highest BCUT2D eigenvalue weighted by Crippen LogP contribution is 2.04. The molecule has 1 saturated heterocycles. The van der Waals surface area contributed by atoms with Crippen LogP contribution in [-0.2, 0) is 23.8 Å². The number of carbonyl (C=O) groups excluding carboxylic acids is 2. The zero-order valence-corrected chi connectivity index (χ0v) is 16.2. The highest BCUT2D eigenvalue weighted by molar-refractivity contribution is 5.91. The number of esters is 2. The van der Waals surface area contributed by atoms with Gasteiger partial charge in [0.2, 0.25) is 0 Å². The summed E-state index contributed by atoms with van der Waals surface area (Å²) in [6.07, 6.45) is 10.7. The van der Waals surface area contributed by atoms with E-state index < -0.39 is 11.9 Å². The van der Waals surface area contributed by atoms with Crippen LogP contribution < -0.4 is 0 Å². The van der Waals surface area contributed by atoms with Gasteiger partial charge in [-0.3, -0.25) is 4.90 Å². The Morgan fingerprint density at radius 1 is 0.846 bits per heavy atom. The molecule has 0 N–H and O–H groups in total. The van der Waals surface area contributed by atoms with Crippen molar-refractivity contribution >= 4 is 11.9 Å². The molecular weight excluding hydrogens is 334 g/mol. The van der Waals surface area contributed by atoms with Crippen molar-refractivity contribution in [1.29, 1.82) is 0 Å². The van der Waals surface area contributed by atoms with E-state index in [0.717, 1.165) is 96.4 Å². The molecular formula is C20H35NO5. The van der Waals surface area contributed by atoms with Gasteiger partial charge in [0.05, 0.1) is 26.4 Å². The van der Waals surface area contributed by atoms with Crippen molar-refractivity contribution in [1.82, 2.24) is 4.90 Å². The molecule has 0 bridgehead atoms. The van der Waals surface area contributed by atoms with Crippen molar-refractivity contribution in [3.05, 3.63) is 12.2 Å². The Morgan fingerprint density at radius 3 is 1.96 bits per heavy atom. The molecule has 26 heavy (non-hydrogen) atoms. The molecule has 0 amide bonds. The summed E-state index contributed by atoms with van der Waals surface area (Å²) >= 11 is 0. The number of carbonyl (C=O) groups is 2. The van der Waals surface area contributed by atoms with Crippen LogP contribution in [0.25, 0.3) is 0 Å². The van der Waals surface area contributed by atoms with E-state index in [4.69, 9.17) is 14.2 Å². The molecule has 0 aromatic heterocycles. The monoisotopic (exact) mass is 369 g/mol. The highest BCUT2D eigenvalue weighted by Gasteiger charge is 2.09. The van der Waals surface area contributed by atoms with E-state index in [1.807, 2.05) is 0 Å². The van der Waals surface area contributed by atoms with Crippen molar-refractivity contribution in [2.45, 2.75) is 58.3 Å². The SMILES string of the molecule is CCCCCCOC(=O)/C=C/C(=O)OCCCCCCN1CCOCC1. The summed E-state index contributed by atoms with van der Waals surface area (Å²) in [5.41, 5.74) is 0. The molecule has 1 aliphatic rings. The van der Waals surface area contributed by atoms with Crippen molar-refractivity contribution < 1.29 is 23.8 Å². The van der Waals surface area contributed by atoms with Crippen molar-refractivity contribution in [2.75, 3.05) is 46.1 Å². The zero-order chi connectivity index (χ0) is 18.9. The third-order valence-corrected chi connectivity index (χ3v) is 4.31. The van der Waals surface area contributed by atoms with Gasteiger partial charge in [-0.25, -0.2) is 9.59 Å². The van der Waals surface area contributed by atoms with Crippen molar-refractivity contribution in [3.8, 4) is 0 Å². The van der Waals surface area contributed by atoms with E-state index in [2.05, 4.69) is 11.8 Å². The third-order valence-electron chi connectivity index (χ3n) is 4.31. The number of ether oxygens (including phenoxy) is 3. The first-order chi connectivity index (χ1) is 12.7. The van der Waals surface area contributed by atoms with Crippen LogP contribution in [0.1, 0.15) is 58.3 Å². The zero-order valence-electron chi connectivity index (χ0n) is 16.2. The topological polar surface area (TPSA) is 65.1 Å². The average molecular weight is 370 g/mol. The molecule has 0 aliphatic carbocycles. The summed E-state index contributed by atoms with van der Waals surface area (Å²) in [6.45, 7) is 7.80. The number of nitrogens with zero attached hydrogens (tertiary/aromatic N) is 1. The molecule has 0 unspecified atom stereocenters. The van der Waals surface area contributed by atoms with Gasteiger partial charge in [-0.15, -0.1) is 0 Å². The van der Waals surface area contributed by atoms with E-state index in [9.17, 15) is 9.59 Å². The van der Waals surface area contributed by atoms with Crippen molar-refractivity contribution in [3.63, 3.8) is 0 Å². The van der Waals surface area contributed by atoms with Crippen LogP contribution in [0.15, 0.2) is 12.2 Å². The molecule has 0 radical (unpaired) electrons. The Bertz CT molecular complexity index is 405. The Labute approximate surface area is 157 Å². The Kier molecular flexibility index (Phi) is 13.8. The molecule has 1 rings (SSSR count). The van der Waals surface area contributed by atoms with E-state index >= 15 is 0 Å². The van der Waals surface area contributed by atoms with Gasteiger partial charge in [0, 0.05) is 25.2 Å². The Balaban J connectivity index is 1.91. The molecule has 6 heteroatoms. The van der Waals surface area contributed by atoms with Gasteiger partial charge in [-0.1, -0.05) is 39.0 Å². The summed E-state index contributed by atoms with van der Waals surface area (Å²) in [5.74, 6) is -0.970. The van der Waals surface area contributed by atoms with Gasteiger partial charge in [0.25, 0.3) is 0 Å². The predicted molar refractivity (Wildman–Crippen MR) is 101 cm³/mol. The normalized spacial score (nSPS) is 15.3. The van der Waals surface area contributed by atoms with E-state index in [0.29, 0.717) is 13.2 Å². The Hall–Kier alpha value is -1.40. The first-order valence-corrected chi connectivity index (χ1v) is 10.0. The molecule has 1 heterocycles.